The number of rotatable bonds is 8. The molecule has 0 unspecified atom stereocenters. The van der Waals surface area contributed by atoms with Gasteiger partial charge in [-0.15, -0.1) is 24.0 Å². The predicted molar refractivity (Wildman–Crippen MR) is 136 cm³/mol. The van der Waals surface area contributed by atoms with E-state index in [-0.39, 0.29) is 36.4 Å². The molecule has 1 heterocycles. The van der Waals surface area contributed by atoms with Crippen molar-refractivity contribution in [3.05, 3.63) is 83.1 Å². The molecule has 1 aromatic heterocycles. The van der Waals surface area contributed by atoms with Crippen LogP contribution in [0.2, 0.25) is 5.02 Å². The molecule has 0 aliphatic heterocycles. The summed E-state index contributed by atoms with van der Waals surface area (Å²) in [6.07, 6.45) is 3.40. The average Bonchev–Trinajstić information content (AvgIpc) is 3.24. The quantitative estimate of drug-likeness (QED) is 0.224. The number of carbonyl (C=O) groups excluding carboxylic acids is 1. The molecule has 9 heteroatoms. The zero-order valence-corrected chi connectivity index (χ0v) is 20.3. The molecular formula is C22H26ClIN6O. The fraction of sp³-hybridized carbons (Fsp3) is 0.227. The summed E-state index contributed by atoms with van der Waals surface area (Å²) in [4.78, 5) is 16.8. The summed E-state index contributed by atoms with van der Waals surface area (Å²) in [5.41, 5.74) is 2.85. The van der Waals surface area contributed by atoms with Crippen LogP contribution in [0.1, 0.15) is 18.1 Å². The molecule has 0 saturated heterocycles. The maximum absolute atomic E-state index is 12.2. The summed E-state index contributed by atoms with van der Waals surface area (Å²) in [5, 5.41) is 14.2. The molecule has 3 rings (SSSR count). The lowest BCUT2D eigenvalue weighted by Crippen LogP contribution is -2.36. The minimum atomic E-state index is -0.127. The number of carbonyl (C=O) groups is 1. The number of halogens is 2. The molecule has 0 spiro atoms. The van der Waals surface area contributed by atoms with Crippen LogP contribution in [-0.4, -0.2) is 28.2 Å². The third-order valence-electron chi connectivity index (χ3n) is 4.21. The summed E-state index contributed by atoms with van der Waals surface area (Å²) in [7, 11) is 0. The number of nitrogens with zero attached hydrogens (tertiary/aromatic N) is 3. The molecule has 0 bridgehead atoms. The second kappa shape index (κ2) is 13.0. The van der Waals surface area contributed by atoms with Crippen molar-refractivity contribution in [1.29, 1.82) is 0 Å². The van der Waals surface area contributed by atoms with Crippen molar-refractivity contribution in [2.75, 3.05) is 11.9 Å². The third kappa shape index (κ3) is 8.58. The molecule has 0 atom stereocenters. The van der Waals surface area contributed by atoms with Crippen molar-refractivity contribution >= 4 is 53.1 Å². The first-order chi connectivity index (χ1) is 14.6. The van der Waals surface area contributed by atoms with Gasteiger partial charge in [-0.25, -0.2) is 4.99 Å². The van der Waals surface area contributed by atoms with E-state index < -0.39 is 0 Å². The van der Waals surface area contributed by atoms with Gasteiger partial charge in [0.1, 0.15) is 6.54 Å². The Morgan fingerprint density at radius 1 is 1.10 bits per heavy atom. The van der Waals surface area contributed by atoms with E-state index in [4.69, 9.17) is 11.6 Å². The zero-order chi connectivity index (χ0) is 21.2. The molecule has 0 fully saturated rings. The van der Waals surface area contributed by atoms with E-state index in [0.29, 0.717) is 13.1 Å². The number of benzene rings is 2. The number of hydrogen-bond acceptors (Lipinski definition) is 3. The standard InChI is InChI=1S/C22H25ClN6O.HI/c1-2-24-22(25-14-17-7-9-19(23)10-8-17)26-15-18-5-3-6-20(13-18)28-21(30)16-29-12-4-11-27-29;/h3-13H,2,14-16H2,1H3,(H,28,30)(H2,24,25,26);1H. The van der Waals surface area contributed by atoms with Crippen molar-refractivity contribution in [2.24, 2.45) is 4.99 Å². The predicted octanol–water partition coefficient (Wildman–Crippen LogP) is 4.05. The van der Waals surface area contributed by atoms with Gasteiger partial charge in [0.15, 0.2) is 5.96 Å². The zero-order valence-electron chi connectivity index (χ0n) is 17.2. The van der Waals surface area contributed by atoms with Gasteiger partial charge >= 0.3 is 0 Å². The van der Waals surface area contributed by atoms with Gasteiger partial charge in [-0.2, -0.15) is 5.10 Å². The maximum atomic E-state index is 12.2. The Balaban J connectivity index is 0.00000341. The largest absolute Gasteiger partial charge is 0.357 e. The smallest absolute Gasteiger partial charge is 0.246 e. The van der Waals surface area contributed by atoms with Crippen molar-refractivity contribution < 1.29 is 4.79 Å². The monoisotopic (exact) mass is 552 g/mol. The van der Waals surface area contributed by atoms with E-state index in [9.17, 15) is 4.79 Å². The van der Waals surface area contributed by atoms with Crippen molar-refractivity contribution in [1.82, 2.24) is 20.4 Å². The van der Waals surface area contributed by atoms with Crippen LogP contribution in [0.3, 0.4) is 0 Å². The number of guanidine groups is 1. The number of aromatic nitrogens is 2. The molecule has 0 aliphatic rings. The number of anilines is 1. The Kier molecular flexibility index (Phi) is 10.3. The SMILES string of the molecule is CCNC(=NCc1cccc(NC(=O)Cn2cccn2)c1)NCc1ccc(Cl)cc1.I. The first-order valence-electron chi connectivity index (χ1n) is 9.75. The van der Waals surface area contributed by atoms with Gasteiger partial charge in [0.05, 0.1) is 6.54 Å². The molecule has 0 radical (unpaired) electrons. The minimum absolute atomic E-state index is 0. The third-order valence-corrected chi connectivity index (χ3v) is 4.46. The number of hydrogen-bond donors (Lipinski definition) is 3. The normalized spacial score (nSPS) is 10.8. The van der Waals surface area contributed by atoms with Crippen molar-refractivity contribution in [2.45, 2.75) is 26.6 Å². The second-order valence-corrected chi connectivity index (χ2v) is 7.06. The van der Waals surface area contributed by atoms with E-state index in [0.717, 1.165) is 34.3 Å². The lowest BCUT2D eigenvalue weighted by Gasteiger charge is -2.12. The summed E-state index contributed by atoms with van der Waals surface area (Å²) in [6, 6.07) is 17.2. The van der Waals surface area contributed by atoms with Gasteiger partial charge in [0.25, 0.3) is 0 Å². The molecule has 1 amide bonds. The van der Waals surface area contributed by atoms with Crippen LogP contribution in [-0.2, 0) is 24.4 Å². The van der Waals surface area contributed by atoms with Crippen LogP contribution in [0.4, 0.5) is 5.69 Å². The Morgan fingerprint density at radius 2 is 1.90 bits per heavy atom. The molecule has 0 saturated carbocycles. The summed E-state index contributed by atoms with van der Waals surface area (Å²) in [6.45, 7) is 4.09. The fourth-order valence-corrected chi connectivity index (χ4v) is 2.92. The average molecular weight is 553 g/mol. The second-order valence-electron chi connectivity index (χ2n) is 6.63. The minimum Gasteiger partial charge on any atom is -0.357 e. The Labute approximate surface area is 204 Å². The van der Waals surface area contributed by atoms with Gasteiger partial charge in [0.2, 0.25) is 5.91 Å². The Hall–Kier alpha value is -2.59. The Bertz CT molecular complexity index is 976. The van der Waals surface area contributed by atoms with Crippen molar-refractivity contribution in [3.8, 4) is 0 Å². The van der Waals surface area contributed by atoms with E-state index in [1.54, 1.807) is 23.1 Å². The first-order valence-corrected chi connectivity index (χ1v) is 10.1. The van der Waals surface area contributed by atoms with Crippen LogP contribution in [0, 0.1) is 0 Å². The lowest BCUT2D eigenvalue weighted by molar-refractivity contribution is -0.116. The fourth-order valence-electron chi connectivity index (χ4n) is 2.79. The molecule has 7 nitrogen and oxygen atoms in total. The highest BCUT2D eigenvalue weighted by Crippen LogP contribution is 2.12. The maximum Gasteiger partial charge on any atom is 0.246 e. The van der Waals surface area contributed by atoms with Crippen molar-refractivity contribution in [3.63, 3.8) is 0 Å². The highest BCUT2D eigenvalue weighted by molar-refractivity contribution is 14.0. The highest BCUT2D eigenvalue weighted by Gasteiger charge is 2.05. The van der Waals surface area contributed by atoms with E-state index in [2.05, 4.69) is 26.0 Å². The molecule has 31 heavy (non-hydrogen) atoms. The number of aliphatic imine (C=N–C) groups is 1. The molecule has 164 valence electrons. The van der Waals surface area contributed by atoms with E-state index in [1.165, 1.54) is 0 Å². The van der Waals surface area contributed by atoms with Crippen LogP contribution >= 0.6 is 35.6 Å². The molecule has 3 aromatic rings. The van der Waals surface area contributed by atoms with Gasteiger partial charge < -0.3 is 16.0 Å². The molecule has 2 aromatic carbocycles. The van der Waals surface area contributed by atoms with Gasteiger partial charge in [-0.3, -0.25) is 9.48 Å². The van der Waals surface area contributed by atoms with Gasteiger partial charge in [-0.1, -0.05) is 35.9 Å². The number of nitrogens with one attached hydrogen (secondary N) is 3. The van der Waals surface area contributed by atoms with E-state index in [1.807, 2.05) is 55.5 Å². The molecule has 0 aliphatic carbocycles. The van der Waals surface area contributed by atoms with Gasteiger partial charge in [-0.05, 0) is 48.4 Å². The molecule has 3 N–H and O–H groups in total. The topological polar surface area (TPSA) is 83.3 Å². The van der Waals surface area contributed by atoms with Crippen LogP contribution in [0.25, 0.3) is 0 Å². The Morgan fingerprint density at radius 3 is 2.61 bits per heavy atom. The number of amides is 1. The summed E-state index contributed by atoms with van der Waals surface area (Å²) < 4.78 is 1.58. The van der Waals surface area contributed by atoms with E-state index >= 15 is 0 Å². The van der Waals surface area contributed by atoms with Crippen LogP contribution in [0.5, 0.6) is 0 Å². The van der Waals surface area contributed by atoms with Crippen LogP contribution in [0.15, 0.2) is 72.0 Å². The summed E-state index contributed by atoms with van der Waals surface area (Å²) >= 11 is 5.93. The first kappa shape index (κ1) is 24.7. The highest BCUT2D eigenvalue weighted by atomic mass is 127. The van der Waals surface area contributed by atoms with Crippen LogP contribution < -0.4 is 16.0 Å². The summed E-state index contributed by atoms with van der Waals surface area (Å²) in [5.74, 6) is 0.595. The molecular weight excluding hydrogens is 527 g/mol. The lowest BCUT2D eigenvalue weighted by atomic mass is 10.2. The van der Waals surface area contributed by atoms with Gasteiger partial charge in [0, 0.05) is 36.2 Å².